The molecule has 2 heterocycles. The molecule has 0 unspecified atom stereocenters. The van der Waals surface area contributed by atoms with Crippen molar-refractivity contribution in [2.75, 3.05) is 0 Å². The molecule has 4 nitrogen and oxygen atoms in total. The first-order valence-electron chi connectivity index (χ1n) is 3.73. The van der Waals surface area contributed by atoms with Crippen LogP contribution < -0.4 is 0 Å². The summed E-state index contributed by atoms with van der Waals surface area (Å²) in [5, 5.41) is 0. The third-order valence-electron chi connectivity index (χ3n) is 1.71. The minimum Gasteiger partial charge on any atom is -0.255 e. The Balaban J connectivity index is 2.75. The molecule has 0 radical (unpaired) electrons. The van der Waals surface area contributed by atoms with Crippen LogP contribution in [-0.2, 0) is 9.05 Å². The third kappa shape index (κ3) is 1.69. The SMILES string of the molecule is O=S(=O)(Cl)c1cnc2cccnc2c1. The van der Waals surface area contributed by atoms with Crippen molar-refractivity contribution in [3.8, 4) is 0 Å². The molecular formula is C8H5ClN2O2S. The zero-order valence-electron chi connectivity index (χ0n) is 6.88. The van der Waals surface area contributed by atoms with Gasteiger partial charge in [0.15, 0.2) is 0 Å². The molecule has 0 atom stereocenters. The van der Waals surface area contributed by atoms with E-state index in [0.29, 0.717) is 11.0 Å². The van der Waals surface area contributed by atoms with Gasteiger partial charge in [0, 0.05) is 23.1 Å². The molecule has 0 fully saturated rings. The highest BCUT2D eigenvalue weighted by molar-refractivity contribution is 8.13. The Kier molecular flexibility index (Phi) is 2.13. The van der Waals surface area contributed by atoms with E-state index < -0.39 is 9.05 Å². The molecule has 0 spiro atoms. The number of pyridine rings is 2. The molecule has 0 saturated heterocycles. The first kappa shape index (κ1) is 9.36. The van der Waals surface area contributed by atoms with Crippen LogP contribution in [0.4, 0.5) is 0 Å². The predicted molar refractivity (Wildman–Crippen MR) is 52.6 cm³/mol. The van der Waals surface area contributed by atoms with Crippen molar-refractivity contribution in [2.24, 2.45) is 0 Å². The van der Waals surface area contributed by atoms with Crippen LogP contribution in [-0.4, -0.2) is 18.4 Å². The standard InChI is InChI=1S/C8H5ClN2O2S/c9-14(12,13)6-4-8-7(11-5-6)2-1-3-10-8/h1-5H. The Labute approximate surface area is 85.0 Å². The Bertz CT molecular complexity index is 583. The van der Waals surface area contributed by atoms with Crippen LogP contribution in [0.15, 0.2) is 35.5 Å². The number of fused-ring (bicyclic) bond motifs is 1. The van der Waals surface area contributed by atoms with E-state index in [1.165, 1.54) is 12.3 Å². The second kappa shape index (κ2) is 3.18. The van der Waals surface area contributed by atoms with Gasteiger partial charge in [-0.3, -0.25) is 9.97 Å². The van der Waals surface area contributed by atoms with Gasteiger partial charge in [-0.15, -0.1) is 0 Å². The van der Waals surface area contributed by atoms with Crippen molar-refractivity contribution in [1.29, 1.82) is 0 Å². The molecule has 0 saturated carbocycles. The second-order valence-electron chi connectivity index (χ2n) is 2.65. The summed E-state index contributed by atoms with van der Waals surface area (Å²) in [6, 6.07) is 4.86. The number of rotatable bonds is 1. The van der Waals surface area contributed by atoms with E-state index in [1.54, 1.807) is 18.3 Å². The number of aromatic nitrogens is 2. The van der Waals surface area contributed by atoms with E-state index in [9.17, 15) is 8.42 Å². The summed E-state index contributed by atoms with van der Waals surface area (Å²) < 4.78 is 21.9. The lowest BCUT2D eigenvalue weighted by Gasteiger charge is -1.97. The van der Waals surface area contributed by atoms with Gasteiger partial charge < -0.3 is 0 Å². The first-order chi connectivity index (χ1) is 6.57. The number of hydrogen-bond acceptors (Lipinski definition) is 4. The Morgan fingerprint density at radius 2 is 2.00 bits per heavy atom. The Morgan fingerprint density at radius 1 is 1.21 bits per heavy atom. The van der Waals surface area contributed by atoms with E-state index in [-0.39, 0.29) is 4.90 Å². The fourth-order valence-electron chi connectivity index (χ4n) is 1.07. The number of nitrogens with zero attached hydrogens (tertiary/aromatic N) is 2. The largest absolute Gasteiger partial charge is 0.262 e. The van der Waals surface area contributed by atoms with Crippen molar-refractivity contribution in [2.45, 2.75) is 4.90 Å². The van der Waals surface area contributed by atoms with Crippen molar-refractivity contribution in [3.05, 3.63) is 30.6 Å². The predicted octanol–water partition coefficient (Wildman–Crippen LogP) is 1.56. The van der Waals surface area contributed by atoms with Crippen LogP contribution in [0, 0.1) is 0 Å². The van der Waals surface area contributed by atoms with E-state index >= 15 is 0 Å². The van der Waals surface area contributed by atoms with Gasteiger partial charge in [-0.05, 0) is 18.2 Å². The van der Waals surface area contributed by atoms with Crippen LogP contribution >= 0.6 is 10.7 Å². The maximum atomic E-state index is 11.0. The molecule has 0 aliphatic carbocycles. The average molecular weight is 229 g/mol. The molecule has 72 valence electrons. The maximum absolute atomic E-state index is 11.0. The Morgan fingerprint density at radius 3 is 2.71 bits per heavy atom. The zero-order chi connectivity index (χ0) is 10.2. The van der Waals surface area contributed by atoms with Gasteiger partial charge in [0.1, 0.15) is 4.90 Å². The first-order valence-corrected chi connectivity index (χ1v) is 6.04. The van der Waals surface area contributed by atoms with Gasteiger partial charge in [-0.25, -0.2) is 8.42 Å². The summed E-state index contributed by atoms with van der Waals surface area (Å²) in [6.07, 6.45) is 2.78. The van der Waals surface area contributed by atoms with Crippen molar-refractivity contribution < 1.29 is 8.42 Å². The van der Waals surface area contributed by atoms with Gasteiger partial charge in [0.05, 0.1) is 11.0 Å². The van der Waals surface area contributed by atoms with E-state index in [0.717, 1.165) is 0 Å². The topological polar surface area (TPSA) is 59.9 Å². The van der Waals surface area contributed by atoms with Gasteiger partial charge in [0.25, 0.3) is 9.05 Å². The average Bonchev–Trinajstić information content (AvgIpc) is 2.16. The monoisotopic (exact) mass is 228 g/mol. The number of hydrogen-bond donors (Lipinski definition) is 0. The lowest BCUT2D eigenvalue weighted by atomic mass is 10.3. The normalized spacial score (nSPS) is 11.8. The smallest absolute Gasteiger partial charge is 0.255 e. The van der Waals surface area contributed by atoms with Crippen molar-refractivity contribution >= 4 is 30.8 Å². The molecule has 14 heavy (non-hydrogen) atoms. The highest BCUT2D eigenvalue weighted by Crippen LogP contribution is 2.17. The summed E-state index contributed by atoms with van der Waals surface area (Å²) in [6.45, 7) is 0. The molecule has 2 aromatic rings. The minimum absolute atomic E-state index is 0.0367. The lowest BCUT2D eigenvalue weighted by molar-refractivity contribution is 0.609. The second-order valence-corrected chi connectivity index (χ2v) is 5.22. The van der Waals surface area contributed by atoms with Crippen LogP contribution in [0.5, 0.6) is 0 Å². The van der Waals surface area contributed by atoms with E-state index in [2.05, 4.69) is 9.97 Å². The van der Waals surface area contributed by atoms with E-state index in [4.69, 9.17) is 10.7 Å². The minimum atomic E-state index is -3.72. The summed E-state index contributed by atoms with van der Waals surface area (Å²) in [5.41, 5.74) is 1.14. The molecule has 0 N–H and O–H groups in total. The third-order valence-corrected chi connectivity index (χ3v) is 3.03. The molecule has 6 heteroatoms. The van der Waals surface area contributed by atoms with Gasteiger partial charge in [-0.1, -0.05) is 0 Å². The molecule has 2 rings (SSSR count). The van der Waals surface area contributed by atoms with Crippen LogP contribution in [0.25, 0.3) is 11.0 Å². The van der Waals surface area contributed by atoms with Gasteiger partial charge >= 0.3 is 0 Å². The van der Waals surface area contributed by atoms with Gasteiger partial charge in [0.2, 0.25) is 0 Å². The number of halogens is 1. The zero-order valence-corrected chi connectivity index (χ0v) is 8.46. The summed E-state index contributed by atoms with van der Waals surface area (Å²) >= 11 is 0. The highest BCUT2D eigenvalue weighted by Gasteiger charge is 2.10. The fraction of sp³-hybridized carbons (Fsp3) is 0. The van der Waals surface area contributed by atoms with Crippen LogP contribution in [0.3, 0.4) is 0 Å². The Hall–Kier alpha value is -1.20. The van der Waals surface area contributed by atoms with E-state index in [1.807, 2.05) is 0 Å². The van der Waals surface area contributed by atoms with Crippen molar-refractivity contribution in [1.82, 2.24) is 9.97 Å². The van der Waals surface area contributed by atoms with Gasteiger partial charge in [-0.2, -0.15) is 0 Å². The molecule has 0 bridgehead atoms. The van der Waals surface area contributed by atoms with Crippen molar-refractivity contribution in [3.63, 3.8) is 0 Å². The fourth-order valence-corrected chi connectivity index (χ4v) is 1.75. The van der Waals surface area contributed by atoms with Crippen LogP contribution in [0.1, 0.15) is 0 Å². The highest BCUT2D eigenvalue weighted by atomic mass is 35.7. The lowest BCUT2D eigenvalue weighted by Crippen LogP contribution is -1.92. The summed E-state index contributed by atoms with van der Waals surface area (Å²) in [5.74, 6) is 0. The molecule has 2 aromatic heterocycles. The molecule has 0 amide bonds. The quantitative estimate of drug-likeness (QED) is 0.695. The molecular weight excluding hydrogens is 224 g/mol. The summed E-state index contributed by atoms with van der Waals surface area (Å²) in [7, 11) is 1.44. The molecule has 0 aliphatic heterocycles. The van der Waals surface area contributed by atoms with Crippen LogP contribution in [0.2, 0.25) is 0 Å². The summed E-state index contributed by atoms with van der Waals surface area (Å²) in [4.78, 5) is 7.85. The maximum Gasteiger partial charge on any atom is 0.262 e. The molecule has 0 aliphatic rings. The molecule has 0 aromatic carbocycles.